The van der Waals surface area contributed by atoms with Crippen LogP contribution in [-0.2, 0) is 6.54 Å². The van der Waals surface area contributed by atoms with Gasteiger partial charge in [-0.1, -0.05) is 24.3 Å². The molecule has 126 valence electrons. The monoisotopic (exact) mass is 326 g/mol. The molecule has 0 saturated carbocycles. The minimum atomic E-state index is -0.0960. The number of rotatable bonds is 2. The smallest absolute Gasteiger partial charge is 0.333 e. The van der Waals surface area contributed by atoms with Crippen molar-refractivity contribution in [2.24, 2.45) is 0 Å². The van der Waals surface area contributed by atoms with Gasteiger partial charge in [0.2, 0.25) is 0 Å². The summed E-state index contributed by atoms with van der Waals surface area (Å²) in [6.45, 7) is 4.97. The maximum absolute atomic E-state index is 12.6. The fourth-order valence-corrected chi connectivity index (χ4v) is 3.44. The number of carbonyl (C=O) groups excluding carboxylic acids is 1. The molecule has 4 rings (SSSR count). The van der Waals surface area contributed by atoms with Gasteiger partial charge in [-0.05, 0) is 11.6 Å². The number of benzene rings is 1. The van der Waals surface area contributed by atoms with E-state index in [1.165, 1.54) is 0 Å². The normalized spacial score (nSPS) is 21.5. The Kier molecular flexibility index (Phi) is 4.29. The van der Waals surface area contributed by atoms with Crippen LogP contribution < -0.4 is 16.1 Å². The summed E-state index contributed by atoms with van der Waals surface area (Å²) in [5.74, 6) is 0. The molecule has 1 atom stereocenters. The Morgan fingerprint density at radius 1 is 1.25 bits per heavy atom. The van der Waals surface area contributed by atoms with Crippen LogP contribution >= 0.6 is 0 Å². The third-order valence-corrected chi connectivity index (χ3v) is 4.67. The van der Waals surface area contributed by atoms with E-state index < -0.39 is 0 Å². The molecule has 3 N–H and O–H groups in total. The Labute approximate surface area is 141 Å². The van der Waals surface area contributed by atoms with Gasteiger partial charge in [0.1, 0.15) is 6.17 Å². The second kappa shape index (κ2) is 6.72. The molecule has 2 aliphatic rings. The maximum atomic E-state index is 12.6. The minimum Gasteiger partial charge on any atom is -0.333 e. The molecule has 2 amide bonds. The summed E-state index contributed by atoms with van der Waals surface area (Å²) in [4.78, 5) is 19.4. The number of nitrogens with zero attached hydrogens (tertiary/aromatic N) is 3. The zero-order valence-electron chi connectivity index (χ0n) is 13.5. The standard InChI is InChI=1S/C17H22N6O/c24-17(23-15-12-18-7-9-22(15)10-8-21-23)20-11-14-4-1-3-13-5-2-6-19-16(13)14/h1-6,15,18,21H,7-12H2,(H,20,24). The SMILES string of the molecule is O=C(NCc1cccc2cccnc12)N1NCCN2CCNCC21. The number of hydrazine groups is 1. The summed E-state index contributed by atoms with van der Waals surface area (Å²) in [7, 11) is 0. The predicted molar refractivity (Wildman–Crippen MR) is 92.1 cm³/mol. The van der Waals surface area contributed by atoms with Gasteiger partial charge in [0.25, 0.3) is 0 Å². The van der Waals surface area contributed by atoms with E-state index in [0.717, 1.165) is 49.2 Å². The van der Waals surface area contributed by atoms with Crippen molar-refractivity contribution in [1.82, 2.24) is 31.0 Å². The van der Waals surface area contributed by atoms with Gasteiger partial charge in [-0.15, -0.1) is 0 Å². The molecule has 24 heavy (non-hydrogen) atoms. The van der Waals surface area contributed by atoms with Crippen LogP contribution in [0.1, 0.15) is 5.56 Å². The molecule has 1 aromatic carbocycles. The lowest BCUT2D eigenvalue weighted by molar-refractivity contribution is -0.0158. The highest BCUT2D eigenvalue weighted by Gasteiger charge is 2.34. The molecule has 2 saturated heterocycles. The fraction of sp³-hybridized carbons (Fsp3) is 0.412. The zero-order chi connectivity index (χ0) is 16.4. The Morgan fingerprint density at radius 2 is 2.12 bits per heavy atom. The first-order chi connectivity index (χ1) is 11.8. The van der Waals surface area contributed by atoms with Crippen molar-refractivity contribution in [2.75, 3.05) is 32.7 Å². The van der Waals surface area contributed by atoms with Gasteiger partial charge in [-0.25, -0.2) is 15.2 Å². The second-order valence-electron chi connectivity index (χ2n) is 6.15. The molecule has 7 nitrogen and oxygen atoms in total. The van der Waals surface area contributed by atoms with Crippen molar-refractivity contribution in [3.8, 4) is 0 Å². The van der Waals surface area contributed by atoms with Gasteiger partial charge in [0.15, 0.2) is 0 Å². The van der Waals surface area contributed by atoms with Crippen LogP contribution in [0.15, 0.2) is 36.5 Å². The van der Waals surface area contributed by atoms with E-state index >= 15 is 0 Å². The number of urea groups is 1. The third kappa shape index (κ3) is 2.93. The van der Waals surface area contributed by atoms with Crippen molar-refractivity contribution in [2.45, 2.75) is 12.7 Å². The molecule has 2 fully saturated rings. The van der Waals surface area contributed by atoms with Crippen LogP contribution in [0.2, 0.25) is 0 Å². The number of fused-ring (bicyclic) bond motifs is 2. The van der Waals surface area contributed by atoms with E-state index in [2.05, 4.69) is 25.9 Å². The highest BCUT2D eigenvalue weighted by Crippen LogP contribution is 2.16. The molecule has 1 unspecified atom stereocenters. The molecule has 0 radical (unpaired) electrons. The Hall–Kier alpha value is -2.22. The quantitative estimate of drug-likeness (QED) is 0.749. The Bertz CT molecular complexity index is 729. The average molecular weight is 326 g/mol. The summed E-state index contributed by atoms with van der Waals surface area (Å²) in [5, 5.41) is 9.18. The Morgan fingerprint density at radius 3 is 3.08 bits per heavy atom. The van der Waals surface area contributed by atoms with Crippen LogP contribution in [0.4, 0.5) is 4.79 Å². The van der Waals surface area contributed by atoms with Crippen molar-refractivity contribution in [3.05, 3.63) is 42.1 Å². The number of hydrogen-bond acceptors (Lipinski definition) is 5. The number of amides is 2. The maximum Gasteiger partial charge on any atom is 0.333 e. The molecule has 3 heterocycles. The molecule has 7 heteroatoms. The number of nitrogens with one attached hydrogen (secondary N) is 3. The van der Waals surface area contributed by atoms with Crippen LogP contribution in [0, 0.1) is 0 Å². The topological polar surface area (TPSA) is 72.5 Å². The molecule has 0 bridgehead atoms. The first-order valence-corrected chi connectivity index (χ1v) is 8.41. The molecular formula is C17H22N6O. The lowest BCUT2D eigenvalue weighted by Crippen LogP contribution is -2.70. The summed E-state index contributed by atoms with van der Waals surface area (Å²) in [5.41, 5.74) is 5.18. The number of para-hydroxylation sites is 1. The summed E-state index contributed by atoms with van der Waals surface area (Å²) < 4.78 is 0. The van der Waals surface area contributed by atoms with Gasteiger partial charge in [-0.2, -0.15) is 0 Å². The van der Waals surface area contributed by atoms with Crippen molar-refractivity contribution < 1.29 is 4.79 Å². The molecular weight excluding hydrogens is 304 g/mol. The van der Waals surface area contributed by atoms with E-state index in [4.69, 9.17) is 0 Å². The van der Waals surface area contributed by atoms with Gasteiger partial charge in [0, 0.05) is 50.9 Å². The third-order valence-electron chi connectivity index (χ3n) is 4.67. The second-order valence-corrected chi connectivity index (χ2v) is 6.15. The first kappa shape index (κ1) is 15.3. The van der Waals surface area contributed by atoms with Crippen molar-refractivity contribution >= 4 is 16.9 Å². The van der Waals surface area contributed by atoms with E-state index in [-0.39, 0.29) is 12.2 Å². The largest absolute Gasteiger partial charge is 0.333 e. The average Bonchev–Trinajstić information content (AvgIpc) is 2.65. The van der Waals surface area contributed by atoms with Gasteiger partial charge in [-0.3, -0.25) is 9.88 Å². The van der Waals surface area contributed by atoms with Gasteiger partial charge in [0.05, 0.1) is 5.52 Å². The number of pyridine rings is 1. The zero-order valence-corrected chi connectivity index (χ0v) is 13.5. The first-order valence-electron chi connectivity index (χ1n) is 8.41. The van der Waals surface area contributed by atoms with Crippen LogP contribution in [0.3, 0.4) is 0 Å². The predicted octanol–water partition coefficient (Wildman–Crippen LogP) is 0.496. The highest BCUT2D eigenvalue weighted by atomic mass is 16.2. The molecule has 0 spiro atoms. The van der Waals surface area contributed by atoms with Crippen LogP contribution in [-0.4, -0.2) is 59.8 Å². The van der Waals surface area contributed by atoms with Gasteiger partial charge < -0.3 is 10.6 Å². The van der Waals surface area contributed by atoms with Crippen LogP contribution in [0.5, 0.6) is 0 Å². The van der Waals surface area contributed by atoms with E-state index in [1.54, 1.807) is 11.2 Å². The van der Waals surface area contributed by atoms with E-state index in [9.17, 15) is 4.79 Å². The number of hydrogen-bond donors (Lipinski definition) is 3. The fourth-order valence-electron chi connectivity index (χ4n) is 3.44. The number of aromatic nitrogens is 1. The Balaban J connectivity index is 1.46. The highest BCUT2D eigenvalue weighted by molar-refractivity contribution is 5.82. The lowest BCUT2D eigenvalue weighted by atomic mass is 10.1. The number of piperazine rings is 1. The van der Waals surface area contributed by atoms with Crippen molar-refractivity contribution in [3.63, 3.8) is 0 Å². The molecule has 0 aliphatic carbocycles. The van der Waals surface area contributed by atoms with Crippen molar-refractivity contribution in [1.29, 1.82) is 0 Å². The number of carbonyl (C=O) groups is 1. The summed E-state index contributed by atoms with van der Waals surface area (Å²) >= 11 is 0. The van der Waals surface area contributed by atoms with E-state index in [0.29, 0.717) is 6.54 Å². The lowest BCUT2D eigenvalue weighted by Gasteiger charge is -2.46. The van der Waals surface area contributed by atoms with Crippen LogP contribution in [0.25, 0.3) is 10.9 Å². The molecule has 2 aromatic rings. The summed E-state index contributed by atoms with van der Waals surface area (Å²) in [6.07, 6.45) is 1.85. The molecule has 1 aromatic heterocycles. The minimum absolute atomic E-state index is 0.0677. The molecule has 2 aliphatic heterocycles. The summed E-state index contributed by atoms with van der Waals surface area (Å²) in [6, 6.07) is 9.90. The van der Waals surface area contributed by atoms with Gasteiger partial charge >= 0.3 is 6.03 Å². The van der Waals surface area contributed by atoms with E-state index in [1.807, 2.05) is 30.3 Å².